The van der Waals surface area contributed by atoms with E-state index >= 15 is 0 Å². The Kier molecular flexibility index (Phi) is 2.27. The van der Waals surface area contributed by atoms with E-state index in [1.54, 1.807) is 0 Å². The summed E-state index contributed by atoms with van der Waals surface area (Å²) in [6.07, 6.45) is 3.01. The van der Waals surface area contributed by atoms with Gasteiger partial charge in [-0.05, 0) is 12.8 Å². The highest BCUT2D eigenvalue weighted by Gasteiger charge is 2.28. The van der Waals surface area contributed by atoms with E-state index in [0.29, 0.717) is 0 Å². The van der Waals surface area contributed by atoms with Crippen LogP contribution in [-0.4, -0.2) is 17.5 Å². The summed E-state index contributed by atoms with van der Waals surface area (Å²) in [6, 6.07) is 0. The molecule has 1 fully saturated rings. The van der Waals surface area contributed by atoms with Crippen molar-refractivity contribution >= 4 is 5.91 Å². The van der Waals surface area contributed by atoms with E-state index in [4.69, 9.17) is 5.84 Å². The molecule has 1 aliphatic rings. The number of hydrazine groups is 1. The van der Waals surface area contributed by atoms with Crippen LogP contribution in [0.3, 0.4) is 0 Å². The molecule has 1 atom stereocenters. The average molecular weight is 142 g/mol. The molecular weight excluding hydrogens is 128 g/mol. The maximum absolute atomic E-state index is 11.1. The lowest BCUT2D eigenvalue weighted by Crippen LogP contribution is -2.33. The van der Waals surface area contributed by atoms with Crippen molar-refractivity contribution in [2.75, 3.05) is 6.54 Å². The van der Waals surface area contributed by atoms with Crippen molar-refractivity contribution in [2.24, 2.45) is 11.8 Å². The number of hydrogen-bond acceptors (Lipinski definition) is 2. The number of hydrogen-bond donors (Lipinski definition) is 1. The van der Waals surface area contributed by atoms with Crippen LogP contribution in [0.1, 0.15) is 26.2 Å². The molecule has 1 unspecified atom stereocenters. The zero-order valence-electron chi connectivity index (χ0n) is 6.34. The predicted molar refractivity (Wildman–Crippen MR) is 38.9 cm³/mol. The van der Waals surface area contributed by atoms with E-state index in [9.17, 15) is 4.79 Å². The summed E-state index contributed by atoms with van der Waals surface area (Å²) in [7, 11) is 0. The average Bonchev–Trinajstić information content (AvgIpc) is 2.20. The first-order valence-electron chi connectivity index (χ1n) is 3.81. The predicted octanol–water partition coefficient (Wildman–Crippen LogP) is 0.509. The standard InChI is InChI=1S/C7H14N2O/c1-2-3-6-4-5-9(8)7(6)10/h6H,2-5,8H2,1H3. The third-order valence-electron chi connectivity index (χ3n) is 1.99. The van der Waals surface area contributed by atoms with E-state index in [2.05, 4.69) is 6.92 Å². The van der Waals surface area contributed by atoms with Gasteiger partial charge in [0, 0.05) is 12.5 Å². The molecule has 3 heteroatoms. The van der Waals surface area contributed by atoms with Gasteiger partial charge in [0.25, 0.3) is 0 Å². The first-order valence-corrected chi connectivity index (χ1v) is 3.81. The second-order valence-corrected chi connectivity index (χ2v) is 2.81. The Morgan fingerprint density at radius 2 is 2.50 bits per heavy atom. The minimum atomic E-state index is 0.127. The molecule has 1 heterocycles. The molecule has 0 aromatic heterocycles. The van der Waals surface area contributed by atoms with Crippen molar-refractivity contribution in [1.29, 1.82) is 0 Å². The van der Waals surface area contributed by atoms with E-state index in [1.165, 1.54) is 5.01 Å². The molecule has 58 valence electrons. The first kappa shape index (κ1) is 7.54. The van der Waals surface area contributed by atoms with Gasteiger partial charge in [-0.2, -0.15) is 0 Å². The molecule has 1 rings (SSSR count). The third-order valence-corrected chi connectivity index (χ3v) is 1.99. The largest absolute Gasteiger partial charge is 0.280 e. The highest BCUT2D eigenvalue weighted by Crippen LogP contribution is 2.19. The normalized spacial score (nSPS) is 26.0. The highest BCUT2D eigenvalue weighted by molar-refractivity contribution is 5.80. The smallest absolute Gasteiger partial charge is 0.239 e. The lowest BCUT2D eigenvalue weighted by molar-refractivity contribution is -0.131. The highest BCUT2D eigenvalue weighted by atomic mass is 16.2. The van der Waals surface area contributed by atoms with Crippen LogP contribution in [0.15, 0.2) is 0 Å². The van der Waals surface area contributed by atoms with Gasteiger partial charge in [0.05, 0.1) is 0 Å². The fraction of sp³-hybridized carbons (Fsp3) is 0.857. The summed E-state index contributed by atoms with van der Waals surface area (Å²) in [5.41, 5.74) is 0. The molecule has 0 aromatic rings. The fourth-order valence-corrected chi connectivity index (χ4v) is 1.38. The topological polar surface area (TPSA) is 46.3 Å². The van der Waals surface area contributed by atoms with Crippen LogP contribution in [0, 0.1) is 5.92 Å². The van der Waals surface area contributed by atoms with Gasteiger partial charge in [-0.15, -0.1) is 0 Å². The van der Waals surface area contributed by atoms with Crippen molar-refractivity contribution in [3.8, 4) is 0 Å². The first-order chi connectivity index (χ1) is 4.75. The SMILES string of the molecule is CCCC1CCN(N)C1=O. The quantitative estimate of drug-likeness (QED) is 0.451. The molecule has 3 nitrogen and oxygen atoms in total. The zero-order valence-corrected chi connectivity index (χ0v) is 6.34. The van der Waals surface area contributed by atoms with Crippen LogP contribution >= 0.6 is 0 Å². The van der Waals surface area contributed by atoms with Gasteiger partial charge >= 0.3 is 0 Å². The van der Waals surface area contributed by atoms with E-state index in [0.717, 1.165) is 25.8 Å². The van der Waals surface area contributed by atoms with Crippen LogP contribution in [0.5, 0.6) is 0 Å². The molecular formula is C7H14N2O. The maximum atomic E-state index is 11.1. The van der Waals surface area contributed by atoms with Gasteiger partial charge in [-0.1, -0.05) is 13.3 Å². The van der Waals surface area contributed by atoms with Crippen LogP contribution < -0.4 is 5.84 Å². The fourth-order valence-electron chi connectivity index (χ4n) is 1.38. The molecule has 0 spiro atoms. The lowest BCUT2D eigenvalue weighted by Gasteiger charge is -2.07. The number of rotatable bonds is 2. The van der Waals surface area contributed by atoms with Crippen LogP contribution in [-0.2, 0) is 4.79 Å². The summed E-state index contributed by atoms with van der Waals surface area (Å²) < 4.78 is 0. The molecule has 0 saturated carbocycles. The number of nitrogens with zero attached hydrogens (tertiary/aromatic N) is 1. The second-order valence-electron chi connectivity index (χ2n) is 2.81. The lowest BCUT2D eigenvalue weighted by atomic mass is 10.0. The molecule has 1 saturated heterocycles. The van der Waals surface area contributed by atoms with E-state index in [1.807, 2.05) is 0 Å². The molecule has 10 heavy (non-hydrogen) atoms. The van der Waals surface area contributed by atoms with Crippen LogP contribution in [0.25, 0.3) is 0 Å². The summed E-state index contributed by atoms with van der Waals surface area (Å²) in [5, 5.41) is 1.33. The van der Waals surface area contributed by atoms with E-state index in [-0.39, 0.29) is 11.8 Å². The monoisotopic (exact) mass is 142 g/mol. The molecule has 0 aliphatic carbocycles. The molecule has 0 bridgehead atoms. The Morgan fingerprint density at radius 3 is 2.90 bits per heavy atom. The Bertz CT molecular complexity index is 134. The van der Waals surface area contributed by atoms with Crippen molar-refractivity contribution in [1.82, 2.24) is 5.01 Å². The van der Waals surface area contributed by atoms with Crippen LogP contribution in [0.2, 0.25) is 0 Å². The Balaban J connectivity index is 2.41. The number of amides is 1. The minimum Gasteiger partial charge on any atom is -0.280 e. The molecule has 1 amide bonds. The van der Waals surface area contributed by atoms with Crippen molar-refractivity contribution in [3.63, 3.8) is 0 Å². The van der Waals surface area contributed by atoms with Gasteiger partial charge in [-0.3, -0.25) is 9.80 Å². The van der Waals surface area contributed by atoms with Crippen molar-refractivity contribution in [2.45, 2.75) is 26.2 Å². The van der Waals surface area contributed by atoms with Gasteiger partial charge in [0.2, 0.25) is 5.91 Å². The molecule has 1 aliphatic heterocycles. The van der Waals surface area contributed by atoms with Crippen LogP contribution in [0.4, 0.5) is 0 Å². The Labute approximate surface area is 61.2 Å². The Morgan fingerprint density at radius 1 is 1.80 bits per heavy atom. The number of carbonyl (C=O) groups is 1. The molecule has 0 aromatic carbocycles. The van der Waals surface area contributed by atoms with Crippen molar-refractivity contribution in [3.05, 3.63) is 0 Å². The van der Waals surface area contributed by atoms with Gasteiger partial charge in [0.15, 0.2) is 0 Å². The Hall–Kier alpha value is -0.570. The summed E-state index contributed by atoms with van der Waals surface area (Å²) >= 11 is 0. The third kappa shape index (κ3) is 1.29. The zero-order chi connectivity index (χ0) is 7.56. The number of carbonyl (C=O) groups excluding carboxylic acids is 1. The van der Waals surface area contributed by atoms with Gasteiger partial charge < -0.3 is 0 Å². The van der Waals surface area contributed by atoms with E-state index < -0.39 is 0 Å². The second kappa shape index (κ2) is 3.01. The molecule has 2 N–H and O–H groups in total. The maximum Gasteiger partial charge on any atom is 0.239 e. The molecule has 0 radical (unpaired) electrons. The summed E-state index contributed by atoms with van der Waals surface area (Å²) in [6.45, 7) is 2.83. The van der Waals surface area contributed by atoms with Gasteiger partial charge in [0.1, 0.15) is 0 Å². The summed E-state index contributed by atoms with van der Waals surface area (Å²) in [5.74, 6) is 5.73. The minimum absolute atomic E-state index is 0.127. The van der Waals surface area contributed by atoms with Crippen molar-refractivity contribution < 1.29 is 4.79 Å². The number of nitrogens with two attached hydrogens (primary N) is 1. The summed E-state index contributed by atoms with van der Waals surface area (Å²) in [4.78, 5) is 11.1. The van der Waals surface area contributed by atoms with Gasteiger partial charge in [-0.25, -0.2) is 5.84 Å².